The lowest BCUT2D eigenvalue weighted by molar-refractivity contribution is -0.129. The van der Waals surface area contributed by atoms with Crippen LogP contribution >= 0.6 is 11.6 Å². The van der Waals surface area contributed by atoms with Crippen molar-refractivity contribution in [3.63, 3.8) is 0 Å². The van der Waals surface area contributed by atoms with Crippen molar-refractivity contribution in [2.45, 2.75) is 13.5 Å². The maximum Gasteiger partial charge on any atom is 0.331 e. The molecule has 0 saturated carbocycles. The molecular formula is C23H21ClN2O5. The third kappa shape index (κ3) is 5.13. The van der Waals surface area contributed by atoms with Gasteiger partial charge in [0.2, 0.25) is 0 Å². The fraction of sp³-hybridized carbons (Fsp3) is 0.174. The Kier molecular flexibility index (Phi) is 7.10. The van der Waals surface area contributed by atoms with Gasteiger partial charge in [-0.3, -0.25) is 19.8 Å². The first-order valence-electron chi connectivity index (χ1n) is 9.57. The lowest BCUT2D eigenvalue weighted by atomic mass is 10.1. The van der Waals surface area contributed by atoms with Crippen LogP contribution in [-0.2, 0) is 16.2 Å². The summed E-state index contributed by atoms with van der Waals surface area (Å²) in [4.78, 5) is 37.5. The zero-order valence-electron chi connectivity index (χ0n) is 16.9. The number of ether oxygens (including phenoxy) is 2. The van der Waals surface area contributed by atoms with Crippen molar-refractivity contribution in [3.8, 4) is 11.5 Å². The summed E-state index contributed by atoms with van der Waals surface area (Å²) < 4.78 is 11.5. The van der Waals surface area contributed by atoms with E-state index < -0.39 is 17.8 Å². The molecule has 0 spiro atoms. The SMILES string of the molecule is C=CCN1C(=O)NC(=O)/C(=C\c2ccc(OCc3ccccc3Cl)c(OCC)c2)C1=O. The first kappa shape index (κ1) is 22.1. The second-order valence-corrected chi connectivity index (χ2v) is 6.95. The van der Waals surface area contributed by atoms with Crippen molar-refractivity contribution in [1.82, 2.24) is 10.2 Å². The highest BCUT2D eigenvalue weighted by molar-refractivity contribution is 6.31. The summed E-state index contributed by atoms with van der Waals surface area (Å²) in [6.45, 7) is 5.99. The van der Waals surface area contributed by atoms with Gasteiger partial charge in [0.05, 0.1) is 6.61 Å². The molecule has 0 aliphatic carbocycles. The quantitative estimate of drug-likeness (QED) is 0.381. The normalized spacial score (nSPS) is 15.1. The average molecular weight is 441 g/mol. The van der Waals surface area contributed by atoms with E-state index >= 15 is 0 Å². The predicted octanol–water partition coefficient (Wildman–Crippen LogP) is 3.97. The van der Waals surface area contributed by atoms with Crippen LogP contribution in [0.25, 0.3) is 6.08 Å². The molecule has 1 fully saturated rings. The Balaban J connectivity index is 1.86. The maximum atomic E-state index is 12.6. The van der Waals surface area contributed by atoms with Crippen LogP contribution in [0.5, 0.6) is 11.5 Å². The molecule has 1 N–H and O–H groups in total. The molecule has 160 valence electrons. The number of benzene rings is 2. The molecule has 2 aromatic carbocycles. The van der Waals surface area contributed by atoms with Crippen molar-refractivity contribution in [1.29, 1.82) is 0 Å². The molecule has 31 heavy (non-hydrogen) atoms. The van der Waals surface area contributed by atoms with E-state index in [0.717, 1.165) is 10.5 Å². The van der Waals surface area contributed by atoms with Gasteiger partial charge in [-0.25, -0.2) is 4.79 Å². The van der Waals surface area contributed by atoms with Crippen molar-refractivity contribution < 1.29 is 23.9 Å². The molecule has 1 aliphatic heterocycles. The summed E-state index contributed by atoms with van der Waals surface area (Å²) in [5.74, 6) is -0.503. The lowest BCUT2D eigenvalue weighted by Crippen LogP contribution is -2.54. The molecule has 0 unspecified atom stereocenters. The Morgan fingerprint density at radius 1 is 1.10 bits per heavy atom. The summed E-state index contributed by atoms with van der Waals surface area (Å²) in [7, 11) is 0. The molecule has 3 rings (SSSR count). The Labute approximate surface area is 184 Å². The molecule has 0 atom stereocenters. The van der Waals surface area contributed by atoms with E-state index in [1.165, 1.54) is 12.2 Å². The molecule has 2 aromatic rings. The average Bonchev–Trinajstić information content (AvgIpc) is 2.75. The highest BCUT2D eigenvalue weighted by atomic mass is 35.5. The van der Waals surface area contributed by atoms with Crippen LogP contribution in [0.4, 0.5) is 4.79 Å². The standard InChI is InChI=1S/C23H21ClN2O5/c1-3-11-26-22(28)17(21(27)25-23(26)29)12-15-9-10-19(20(13-15)30-4-2)31-14-16-7-5-6-8-18(16)24/h3,5-10,12-13H,1,4,11,14H2,2H3,(H,25,27,29)/b17-12+. The fourth-order valence-corrected chi connectivity index (χ4v) is 3.12. The van der Waals surface area contributed by atoms with Crippen LogP contribution in [0, 0.1) is 0 Å². The van der Waals surface area contributed by atoms with Crippen molar-refractivity contribution >= 4 is 35.5 Å². The second kappa shape index (κ2) is 9.95. The van der Waals surface area contributed by atoms with Gasteiger partial charge < -0.3 is 9.47 Å². The van der Waals surface area contributed by atoms with Crippen molar-refractivity contribution in [3.05, 3.63) is 76.8 Å². The molecule has 4 amide bonds. The summed E-state index contributed by atoms with van der Waals surface area (Å²) in [6.07, 6.45) is 2.81. The number of carbonyl (C=O) groups excluding carboxylic acids is 3. The molecule has 8 heteroatoms. The zero-order chi connectivity index (χ0) is 22.4. The number of urea groups is 1. The molecular weight excluding hydrogens is 420 g/mol. The van der Waals surface area contributed by atoms with E-state index in [2.05, 4.69) is 11.9 Å². The number of imide groups is 2. The van der Waals surface area contributed by atoms with E-state index in [0.29, 0.717) is 28.7 Å². The van der Waals surface area contributed by atoms with Crippen molar-refractivity contribution in [2.75, 3.05) is 13.2 Å². The number of rotatable bonds is 8. The van der Waals surface area contributed by atoms with Gasteiger partial charge in [0, 0.05) is 17.1 Å². The number of nitrogens with one attached hydrogen (secondary N) is 1. The third-order valence-corrected chi connectivity index (χ3v) is 4.79. The number of halogens is 1. The largest absolute Gasteiger partial charge is 0.490 e. The smallest absolute Gasteiger partial charge is 0.331 e. The van der Waals surface area contributed by atoms with Gasteiger partial charge >= 0.3 is 6.03 Å². The molecule has 1 heterocycles. The van der Waals surface area contributed by atoms with Gasteiger partial charge in [0.15, 0.2) is 11.5 Å². The minimum atomic E-state index is -0.773. The Morgan fingerprint density at radius 3 is 2.58 bits per heavy atom. The third-order valence-electron chi connectivity index (χ3n) is 4.42. The first-order valence-corrected chi connectivity index (χ1v) is 9.95. The Bertz CT molecular complexity index is 1060. The summed E-state index contributed by atoms with van der Waals surface area (Å²) >= 11 is 6.17. The number of hydrogen-bond acceptors (Lipinski definition) is 5. The predicted molar refractivity (Wildman–Crippen MR) is 117 cm³/mol. The number of carbonyl (C=O) groups is 3. The van der Waals surface area contributed by atoms with Gasteiger partial charge in [-0.1, -0.05) is 41.9 Å². The van der Waals surface area contributed by atoms with Crippen LogP contribution in [-0.4, -0.2) is 35.9 Å². The van der Waals surface area contributed by atoms with Gasteiger partial charge in [-0.05, 0) is 36.8 Å². The monoisotopic (exact) mass is 440 g/mol. The van der Waals surface area contributed by atoms with E-state index in [9.17, 15) is 14.4 Å². The Hall–Kier alpha value is -3.58. The number of nitrogens with zero attached hydrogens (tertiary/aromatic N) is 1. The van der Waals surface area contributed by atoms with Gasteiger partial charge in [0.25, 0.3) is 11.8 Å². The molecule has 0 bridgehead atoms. The second-order valence-electron chi connectivity index (χ2n) is 6.54. The van der Waals surface area contributed by atoms with Crippen LogP contribution in [0.3, 0.4) is 0 Å². The minimum absolute atomic E-state index is 0.00565. The highest BCUT2D eigenvalue weighted by Crippen LogP contribution is 2.31. The van der Waals surface area contributed by atoms with Gasteiger partial charge in [0.1, 0.15) is 12.2 Å². The highest BCUT2D eigenvalue weighted by Gasteiger charge is 2.34. The molecule has 1 aliphatic rings. The zero-order valence-corrected chi connectivity index (χ0v) is 17.6. The lowest BCUT2D eigenvalue weighted by Gasteiger charge is -2.25. The van der Waals surface area contributed by atoms with Crippen LogP contribution in [0.1, 0.15) is 18.1 Å². The fourth-order valence-electron chi connectivity index (χ4n) is 2.93. The summed E-state index contributed by atoms with van der Waals surface area (Å²) in [6, 6.07) is 11.6. The van der Waals surface area contributed by atoms with Crippen molar-refractivity contribution in [2.24, 2.45) is 0 Å². The van der Waals surface area contributed by atoms with E-state index in [1.807, 2.05) is 25.1 Å². The van der Waals surface area contributed by atoms with Crippen LogP contribution in [0.2, 0.25) is 5.02 Å². The molecule has 1 saturated heterocycles. The maximum absolute atomic E-state index is 12.6. The number of barbiturate groups is 1. The number of amides is 4. The van der Waals surface area contributed by atoms with Crippen LogP contribution in [0.15, 0.2) is 60.7 Å². The van der Waals surface area contributed by atoms with Gasteiger partial charge in [-0.15, -0.1) is 6.58 Å². The molecule has 0 radical (unpaired) electrons. The van der Waals surface area contributed by atoms with Crippen LogP contribution < -0.4 is 14.8 Å². The van der Waals surface area contributed by atoms with E-state index in [1.54, 1.807) is 24.3 Å². The minimum Gasteiger partial charge on any atom is -0.490 e. The van der Waals surface area contributed by atoms with Gasteiger partial charge in [-0.2, -0.15) is 0 Å². The Morgan fingerprint density at radius 2 is 1.87 bits per heavy atom. The molecule has 7 nitrogen and oxygen atoms in total. The summed E-state index contributed by atoms with van der Waals surface area (Å²) in [5, 5.41) is 2.75. The first-order chi connectivity index (χ1) is 14.9. The molecule has 0 aromatic heterocycles. The van der Waals surface area contributed by atoms with E-state index in [4.69, 9.17) is 21.1 Å². The summed E-state index contributed by atoms with van der Waals surface area (Å²) in [5.41, 5.74) is 1.21. The topological polar surface area (TPSA) is 84.9 Å². The van der Waals surface area contributed by atoms with E-state index in [-0.39, 0.29) is 18.7 Å². The number of hydrogen-bond donors (Lipinski definition) is 1.